The first-order chi connectivity index (χ1) is 5.61. The molecule has 0 bridgehead atoms. The molecule has 0 aromatic heterocycles. The van der Waals surface area contributed by atoms with Crippen molar-refractivity contribution >= 4 is 11.9 Å². The van der Waals surface area contributed by atoms with Gasteiger partial charge in [0, 0.05) is 0 Å². The molecule has 0 aliphatic rings. The number of rotatable bonds is 3. The van der Waals surface area contributed by atoms with Crippen LogP contribution in [0.4, 0.5) is 0 Å². The van der Waals surface area contributed by atoms with Crippen molar-refractivity contribution in [1.82, 2.24) is 0 Å². The maximum absolute atomic E-state index is 10.8. The minimum atomic E-state index is -1.09. The highest BCUT2D eigenvalue weighted by Gasteiger charge is 2.17. The number of carbonyl (C=O) groups is 2. The molecular formula is C7H9NO4. The quantitative estimate of drug-likeness (QED) is 0.441. The summed E-state index contributed by atoms with van der Waals surface area (Å²) in [5.41, 5.74) is 0. The van der Waals surface area contributed by atoms with Crippen molar-refractivity contribution in [2.75, 3.05) is 6.61 Å². The molecule has 66 valence electrons. The van der Waals surface area contributed by atoms with E-state index in [0.717, 1.165) is 0 Å². The van der Waals surface area contributed by atoms with Crippen molar-refractivity contribution in [3.05, 3.63) is 0 Å². The molecule has 0 amide bonds. The van der Waals surface area contributed by atoms with E-state index in [1.807, 2.05) is 0 Å². The third-order valence-corrected chi connectivity index (χ3v) is 0.994. The van der Waals surface area contributed by atoms with Crippen molar-refractivity contribution in [2.24, 2.45) is 0 Å². The van der Waals surface area contributed by atoms with Crippen LogP contribution >= 0.6 is 0 Å². The van der Waals surface area contributed by atoms with Gasteiger partial charge in [-0.3, -0.25) is 0 Å². The number of hydrogen-bond donors (Lipinski definition) is 0. The molecule has 5 nitrogen and oxygen atoms in total. The van der Waals surface area contributed by atoms with Crippen LogP contribution in [0.15, 0.2) is 0 Å². The molecule has 0 saturated heterocycles. The Bertz CT molecular complexity index is 218. The van der Waals surface area contributed by atoms with E-state index in [-0.39, 0.29) is 6.61 Å². The molecule has 0 unspecified atom stereocenters. The van der Waals surface area contributed by atoms with Crippen molar-refractivity contribution in [3.8, 4) is 6.07 Å². The third kappa shape index (κ3) is 3.56. The summed E-state index contributed by atoms with van der Waals surface area (Å²) in [5.74, 6) is -1.74. The molecule has 0 rings (SSSR count). The molecular weight excluding hydrogens is 162 g/mol. The second kappa shape index (κ2) is 5.13. The maximum atomic E-state index is 10.8. The summed E-state index contributed by atoms with van der Waals surface area (Å²) in [6, 6.07) is 1.22. The minimum Gasteiger partial charge on any atom is -0.463 e. The van der Waals surface area contributed by atoms with Gasteiger partial charge in [-0.05, 0) is 13.8 Å². The van der Waals surface area contributed by atoms with E-state index in [4.69, 9.17) is 5.26 Å². The predicted octanol–water partition coefficient (Wildman–Crippen LogP) is 0.00478. The van der Waals surface area contributed by atoms with Gasteiger partial charge in [-0.25, -0.2) is 9.59 Å². The van der Waals surface area contributed by atoms with E-state index in [2.05, 4.69) is 9.47 Å². The van der Waals surface area contributed by atoms with Gasteiger partial charge in [0.25, 0.3) is 0 Å². The fourth-order valence-corrected chi connectivity index (χ4v) is 0.495. The lowest BCUT2D eigenvalue weighted by Crippen LogP contribution is -2.25. The lowest BCUT2D eigenvalue weighted by molar-refractivity contribution is -0.163. The van der Waals surface area contributed by atoms with E-state index >= 15 is 0 Å². The van der Waals surface area contributed by atoms with Crippen LogP contribution in [0.25, 0.3) is 0 Å². The van der Waals surface area contributed by atoms with E-state index in [1.165, 1.54) is 13.0 Å². The highest BCUT2D eigenvalue weighted by molar-refractivity contribution is 5.88. The number of carbonyl (C=O) groups excluding carboxylic acids is 2. The van der Waals surface area contributed by atoms with Gasteiger partial charge in [0.1, 0.15) is 0 Å². The Morgan fingerprint density at radius 1 is 1.58 bits per heavy atom. The van der Waals surface area contributed by atoms with Crippen molar-refractivity contribution in [3.63, 3.8) is 0 Å². The third-order valence-electron chi connectivity index (χ3n) is 0.994. The Labute approximate surface area is 69.9 Å². The summed E-state index contributed by atoms with van der Waals surface area (Å²) in [7, 11) is 0. The van der Waals surface area contributed by atoms with Crippen LogP contribution in [0.3, 0.4) is 0 Å². The smallest absolute Gasteiger partial charge is 0.411 e. The highest BCUT2D eigenvalue weighted by atomic mass is 16.6. The standard InChI is InChI=1S/C7H9NO4/c1-3-11-7(10)5(2)12-6(9)4-8/h5H,3H2,1-2H3/t5-/m1/s1. The molecule has 0 aromatic carbocycles. The van der Waals surface area contributed by atoms with E-state index < -0.39 is 18.0 Å². The Morgan fingerprint density at radius 3 is 2.58 bits per heavy atom. The van der Waals surface area contributed by atoms with Crippen molar-refractivity contribution in [2.45, 2.75) is 20.0 Å². The van der Waals surface area contributed by atoms with Gasteiger partial charge in [-0.15, -0.1) is 0 Å². The summed E-state index contributed by atoms with van der Waals surface area (Å²) in [5, 5.41) is 8.02. The van der Waals surface area contributed by atoms with Gasteiger partial charge in [0.05, 0.1) is 6.61 Å². The second-order valence-electron chi connectivity index (χ2n) is 1.91. The summed E-state index contributed by atoms with van der Waals surface area (Å²) in [6.07, 6.45) is -1.02. The molecule has 0 spiro atoms. The van der Waals surface area contributed by atoms with E-state index in [1.54, 1.807) is 6.92 Å². The molecule has 0 fully saturated rings. The van der Waals surface area contributed by atoms with Crippen molar-refractivity contribution in [1.29, 1.82) is 5.26 Å². The van der Waals surface area contributed by atoms with Gasteiger partial charge in [-0.2, -0.15) is 5.26 Å². The van der Waals surface area contributed by atoms with Gasteiger partial charge in [-0.1, -0.05) is 0 Å². The zero-order valence-electron chi connectivity index (χ0n) is 6.86. The lowest BCUT2D eigenvalue weighted by atomic mass is 10.4. The monoisotopic (exact) mass is 171 g/mol. The average Bonchev–Trinajstić information content (AvgIpc) is 2.04. The minimum absolute atomic E-state index is 0.216. The molecule has 0 saturated carbocycles. The first kappa shape index (κ1) is 10.4. The topological polar surface area (TPSA) is 76.4 Å². The molecule has 0 aliphatic heterocycles. The summed E-state index contributed by atoms with van der Waals surface area (Å²) >= 11 is 0. The van der Waals surface area contributed by atoms with E-state index in [9.17, 15) is 9.59 Å². The van der Waals surface area contributed by atoms with Crippen LogP contribution in [0.2, 0.25) is 0 Å². The van der Waals surface area contributed by atoms with Gasteiger partial charge < -0.3 is 9.47 Å². The molecule has 0 heterocycles. The predicted molar refractivity (Wildman–Crippen MR) is 37.8 cm³/mol. The van der Waals surface area contributed by atoms with Gasteiger partial charge >= 0.3 is 11.9 Å². The lowest BCUT2D eigenvalue weighted by Gasteiger charge is -2.08. The van der Waals surface area contributed by atoms with Crippen molar-refractivity contribution < 1.29 is 19.1 Å². The Balaban J connectivity index is 3.88. The number of ether oxygens (including phenoxy) is 2. The Morgan fingerprint density at radius 2 is 2.17 bits per heavy atom. The fraction of sp³-hybridized carbons (Fsp3) is 0.571. The molecule has 0 radical (unpaired) electrons. The second-order valence-corrected chi connectivity index (χ2v) is 1.91. The van der Waals surface area contributed by atoms with Gasteiger partial charge in [0.2, 0.25) is 0 Å². The normalized spacial score (nSPS) is 11.1. The van der Waals surface area contributed by atoms with Crippen LogP contribution in [0, 0.1) is 11.3 Å². The number of esters is 2. The average molecular weight is 171 g/mol. The van der Waals surface area contributed by atoms with E-state index in [0.29, 0.717) is 0 Å². The van der Waals surface area contributed by atoms with Crippen LogP contribution < -0.4 is 0 Å². The molecule has 5 heteroatoms. The maximum Gasteiger partial charge on any atom is 0.411 e. The summed E-state index contributed by atoms with van der Waals surface area (Å²) in [4.78, 5) is 21.1. The van der Waals surface area contributed by atoms with Crippen LogP contribution in [0.1, 0.15) is 13.8 Å². The molecule has 0 N–H and O–H groups in total. The molecule has 1 atom stereocenters. The summed E-state index contributed by atoms with van der Waals surface area (Å²) < 4.78 is 8.86. The highest BCUT2D eigenvalue weighted by Crippen LogP contribution is 1.94. The zero-order valence-corrected chi connectivity index (χ0v) is 6.86. The number of nitriles is 1. The van der Waals surface area contributed by atoms with Crippen LogP contribution in [-0.2, 0) is 19.1 Å². The molecule has 0 aromatic rings. The Hall–Kier alpha value is -1.57. The van der Waals surface area contributed by atoms with Crippen LogP contribution in [-0.4, -0.2) is 24.6 Å². The van der Waals surface area contributed by atoms with Crippen LogP contribution in [0.5, 0.6) is 0 Å². The number of hydrogen-bond acceptors (Lipinski definition) is 5. The Kier molecular flexibility index (Phi) is 4.46. The molecule has 12 heavy (non-hydrogen) atoms. The number of nitrogens with zero attached hydrogens (tertiary/aromatic N) is 1. The van der Waals surface area contributed by atoms with Gasteiger partial charge in [0.15, 0.2) is 12.2 Å². The first-order valence-corrected chi connectivity index (χ1v) is 3.39. The summed E-state index contributed by atoms with van der Waals surface area (Å²) in [6.45, 7) is 3.19. The zero-order chi connectivity index (χ0) is 9.56. The fourth-order valence-electron chi connectivity index (χ4n) is 0.495. The molecule has 0 aliphatic carbocycles. The SMILES string of the molecule is CCOC(=O)[C@@H](C)OC(=O)C#N. The first-order valence-electron chi connectivity index (χ1n) is 3.39. The largest absolute Gasteiger partial charge is 0.463 e.